The topological polar surface area (TPSA) is 65.5 Å². The van der Waals surface area contributed by atoms with E-state index in [0.29, 0.717) is 6.54 Å². The maximum Gasteiger partial charge on any atom is 0.335 e. The molecule has 1 aliphatic rings. The number of piperidine rings is 1. The fourth-order valence-electron chi connectivity index (χ4n) is 2.52. The predicted molar refractivity (Wildman–Crippen MR) is 82.2 cm³/mol. The summed E-state index contributed by atoms with van der Waals surface area (Å²) in [5, 5.41) is 12.4. The third-order valence-electron chi connectivity index (χ3n) is 3.89. The van der Waals surface area contributed by atoms with E-state index >= 15 is 0 Å². The van der Waals surface area contributed by atoms with Crippen molar-refractivity contribution in [1.29, 1.82) is 0 Å². The molecular formula is C16H23N3O2. The number of carboxylic acid groups (broad SMARTS) is 1. The van der Waals surface area contributed by atoms with E-state index in [0.717, 1.165) is 24.5 Å². The Morgan fingerprint density at radius 1 is 1.48 bits per heavy atom. The van der Waals surface area contributed by atoms with E-state index in [4.69, 9.17) is 5.11 Å². The Bertz CT molecular complexity index is 510. The first-order chi connectivity index (χ1) is 10.1. The summed E-state index contributed by atoms with van der Waals surface area (Å²) in [4.78, 5) is 17.5. The number of aromatic nitrogens is 1. The van der Waals surface area contributed by atoms with Gasteiger partial charge in [0.15, 0.2) is 0 Å². The van der Waals surface area contributed by atoms with Gasteiger partial charge in [-0.3, -0.25) is 4.98 Å². The summed E-state index contributed by atoms with van der Waals surface area (Å²) in [6.07, 6.45) is 5.31. The van der Waals surface area contributed by atoms with Crippen molar-refractivity contribution >= 4 is 5.97 Å². The second kappa shape index (κ2) is 7.22. The second-order valence-electron chi connectivity index (χ2n) is 5.49. The number of hydrogen-bond acceptors (Lipinski definition) is 4. The van der Waals surface area contributed by atoms with E-state index in [-0.39, 0.29) is 11.6 Å². The number of rotatable bonds is 6. The summed E-state index contributed by atoms with van der Waals surface area (Å²) < 4.78 is 0. The zero-order valence-corrected chi connectivity index (χ0v) is 12.5. The van der Waals surface area contributed by atoms with Crippen LogP contribution < -0.4 is 5.32 Å². The molecule has 114 valence electrons. The molecule has 0 saturated carbocycles. The highest BCUT2D eigenvalue weighted by Gasteiger charge is 2.14. The number of nitrogens with one attached hydrogen (secondary N) is 1. The molecule has 2 rings (SSSR count). The maximum atomic E-state index is 11.0. The smallest absolute Gasteiger partial charge is 0.335 e. The highest BCUT2D eigenvalue weighted by atomic mass is 16.4. The van der Waals surface area contributed by atoms with Crippen LogP contribution in [-0.4, -0.2) is 40.6 Å². The molecule has 5 nitrogen and oxygen atoms in total. The first-order valence-electron chi connectivity index (χ1n) is 7.43. The average molecular weight is 289 g/mol. The maximum absolute atomic E-state index is 11.0. The van der Waals surface area contributed by atoms with Crippen molar-refractivity contribution in [2.75, 3.05) is 19.6 Å². The molecule has 21 heavy (non-hydrogen) atoms. The van der Waals surface area contributed by atoms with Gasteiger partial charge >= 0.3 is 5.97 Å². The van der Waals surface area contributed by atoms with Crippen LogP contribution >= 0.6 is 0 Å². The molecule has 0 radical (unpaired) electrons. The van der Waals surface area contributed by atoms with Gasteiger partial charge in [0.1, 0.15) is 0 Å². The monoisotopic (exact) mass is 289 g/mol. The first-order valence-corrected chi connectivity index (χ1v) is 7.43. The number of likely N-dealkylation sites (tertiary alicyclic amines) is 1. The van der Waals surface area contributed by atoms with Crippen LogP contribution in [-0.2, 0) is 0 Å². The summed E-state index contributed by atoms with van der Waals surface area (Å²) in [6, 6.07) is 3.11. The van der Waals surface area contributed by atoms with E-state index < -0.39 is 5.97 Å². The van der Waals surface area contributed by atoms with Crippen molar-refractivity contribution in [3.05, 3.63) is 41.9 Å². The van der Waals surface area contributed by atoms with Gasteiger partial charge in [-0.05, 0) is 38.3 Å². The molecule has 0 aromatic carbocycles. The lowest BCUT2D eigenvalue weighted by molar-refractivity contribution is 0.0696. The van der Waals surface area contributed by atoms with E-state index in [1.165, 1.54) is 31.5 Å². The number of carbonyl (C=O) groups is 1. The largest absolute Gasteiger partial charge is 0.478 e. The van der Waals surface area contributed by atoms with E-state index in [2.05, 4.69) is 21.8 Å². The molecule has 2 heterocycles. The fraction of sp³-hybridized carbons (Fsp3) is 0.500. The lowest BCUT2D eigenvalue weighted by atomic mass is 10.1. The van der Waals surface area contributed by atoms with Gasteiger partial charge < -0.3 is 15.3 Å². The Balaban J connectivity index is 1.89. The molecule has 0 amide bonds. The Morgan fingerprint density at radius 2 is 2.19 bits per heavy atom. The average Bonchev–Trinajstić information content (AvgIpc) is 2.53. The Morgan fingerprint density at radius 3 is 2.86 bits per heavy atom. The normalized spacial score (nSPS) is 16.5. The van der Waals surface area contributed by atoms with Crippen molar-refractivity contribution in [3.63, 3.8) is 0 Å². The predicted octanol–water partition coefficient (Wildman–Crippen LogP) is 2.43. The van der Waals surface area contributed by atoms with Gasteiger partial charge in [-0.2, -0.15) is 0 Å². The Hall–Kier alpha value is -1.88. The molecule has 1 aromatic rings. The van der Waals surface area contributed by atoms with Gasteiger partial charge in [0.2, 0.25) is 0 Å². The highest BCUT2D eigenvalue weighted by molar-refractivity contribution is 5.87. The SMILES string of the molecule is C=C(CNC(C)c1cc(C(=O)O)ccn1)N1CCCCC1. The summed E-state index contributed by atoms with van der Waals surface area (Å²) in [7, 11) is 0. The van der Waals surface area contributed by atoms with Crippen molar-refractivity contribution in [3.8, 4) is 0 Å². The van der Waals surface area contributed by atoms with E-state index in [9.17, 15) is 4.79 Å². The van der Waals surface area contributed by atoms with Gasteiger partial charge in [0.25, 0.3) is 0 Å². The number of aromatic carboxylic acids is 1. The molecule has 1 fully saturated rings. The molecule has 1 atom stereocenters. The molecule has 1 saturated heterocycles. The van der Waals surface area contributed by atoms with Gasteiger partial charge in [-0.15, -0.1) is 0 Å². The minimum Gasteiger partial charge on any atom is -0.478 e. The lowest BCUT2D eigenvalue weighted by Crippen LogP contribution is -2.34. The lowest BCUT2D eigenvalue weighted by Gasteiger charge is -2.31. The molecule has 0 bridgehead atoms. The third kappa shape index (κ3) is 4.29. The fourth-order valence-corrected chi connectivity index (χ4v) is 2.52. The van der Waals surface area contributed by atoms with Crippen LogP contribution in [0.5, 0.6) is 0 Å². The third-order valence-corrected chi connectivity index (χ3v) is 3.89. The van der Waals surface area contributed by atoms with Crippen molar-refractivity contribution in [1.82, 2.24) is 15.2 Å². The number of hydrogen-bond donors (Lipinski definition) is 2. The molecule has 2 N–H and O–H groups in total. The highest BCUT2D eigenvalue weighted by Crippen LogP contribution is 2.15. The van der Waals surface area contributed by atoms with E-state index in [1.54, 1.807) is 6.07 Å². The number of carboxylic acids is 1. The summed E-state index contributed by atoms with van der Waals surface area (Å²) in [5.74, 6) is -0.927. The van der Waals surface area contributed by atoms with Crippen molar-refractivity contribution < 1.29 is 9.90 Å². The molecule has 0 spiro atoms. The summed E-state index contributed by atoms with van der Waals surface area (Å²) in [6.45, 7) is 8.99. The zero-order valence-electron chi connectivity index (χ0n) is 12.5. The molecular weight excluding hydrogens is 266 g/mol. The number of pyridine rings is 1. The minimum absolute atomic E-state index is 0.00848. The van der Waals surface area contributed by atoms with Gasteiger partial charge in [-0.25, -0.2) is 4.79 Å². The second-order valence-corrected chi connectivity index (χ2v) is 5.49. The number of nitrogens with zero attached hydrogens (tertiary/aromatic N) is 2. The Labute approximate surface area is 125 Å². The first kappa shape index (κ1) is 15.5. The van der Waals surface area contributed by atoms with Crippen LogP contribution in [0.1, 0.15) is 48.3 Å². The Kier molecular flexibility index (Phi) is 5.33. The van der Waals surface area contributed by atoms with Crippen molar-refractivity contribution in [2.24, 2.45) is 0 Å². The van der Waals surface area contributed by atoms with Gasteiger partial charge in [0, 0.05) is 37.6 Å². The molecule has 1 aliphatic heterocycles. The standard InChI is InChI=1S/C16H23N3O2/c1-12(19-8-4-3-5-9-19)11-18-13(2)15-10-14(16(20)21)6-7-17-15/h6-7,10,13,18H,1,3-5,8-9,11H2,2H3,(H,20,21). The van der Waals surface area contributed by atoms with Crippen LogP contribution in [0.2, 0.25) is 0 Å². The zero-order chi connectivity index (χ0) is 15.2. The molecule has 1 aromatic heterocycles. The van der Waals surface area contributed by atoms with Crippen molar-refractivity contribution in [2.45, 2.75) is 32.2 Å². The van der Waals surface area contributed by atoms with Gasteiger partial charge in [-0.1, -0.05) is 6.58 Å². The molecule has 5 heteroatoms. The summed E-state index contributed by atoms with van der Waals surface area (Å²) in [5.41, 5.74) is 2.10. The van der Waals surface area contributed by atoms with Crippen LogP contribution in [0.25, 0.3) is 0 Å². The van der Waals surface area contributed by atoms with Crippen LogP contribution in [0.4, 0.5) is 0 Å². The van der Waals surface area contributed by atoms with Gasteiger partial charge in [0.05, 0.1) is 11.3 Å². The van der Waals surface area contributed by atoms with Crippen LogP contribution in [0.15, 0.2) is 30.6 Å². The quantitative estimate of drug-likeness (QED) is 0.842. The minimum atomic E-state index is -0.927. The molecule has 0 aliphatic carbocycles. The van der Waals surface area contributed by atoms with E-state index in [1.807, 2.05) is 6.92 Å². The summed E-state index contributed by atoms with van der Waals surface area (Å²) >= 11 is 0. The van der Waals surface area contributed by atoms with Crippen LogP contribution in [0.3, 0.4) is 0 Å². The van der Waals surface area contributed by atoms with Crippen LogP contribution in [0, 0.1) is 0 Å². The molecule has 1 unspecified atom stereocenters.